The van der Waals surface area contributed by atoms with Crippen LogP contribution < -0.4 is 20.9 Å². The number of pyridine rings is 1. The second-order valence-electron chi connectivity index (χ2n) is 9.49. The van der Waals surface area contributed by atoms with Gasteiger partial charge in [-0.05, 0) is 49.7 Å². The second-order valence-corrected chi connectivity index (χ2v) is 9.93. The quantitative estimate of drug-likeness (QED) is 0.452. The first kappa shape index (κ1) is 22.8. The van der Waals surface area contributed by atoms with Gasteiger partial charge >= 0.3 is 6.03 Å². The number of nitrogens with one attached hydrogen (secondary N) is 3. The van der Waals surface area contributed by atoms with Crippen molar-refractivity contribution in [2.75, 3.05) is 31.6 Å². The smallest absolute Gasteiger partial charge is 0.322 e. The fourth-order valence-electron chi connectivity index (χ4n) is 5.30. The van der Waals surface area contributed by atoms with E-state index < -0.39 is 17.5 Å². The first-order valence-corrected chi connectivity index (χ1v) is 12.3. The number of amides is 4. The first-order chi connectivity index (χ1) is 17.4. The highest BCUT2D eigenvalue weighted by Gasteiger charge is 2.53. The van der Waals surface area contributed by atoms with Gasteiger partial charge in [0.05, 0.1) is 6.54 Å². The molecular formula is C25H25ClN6O4. The third kappa shape index (κ3) is 3.68. The highest BCUT2D eigenvalue weighted by Crippen LogP contribution is 2.35. The Hall–Kier alpha value is -3.63. The van der Waals surface area contributed by atoms with Crippen molar-refractivity contribution in [3.8, 4) is 0 Å². The van der Waals surface area contributed by atoms with Gasteiger partial charge in [-0.25, -0.2) is 9.78 Å². The summed E-state index contributed by atoms with van der Waals surface area (Å²) in [5.74, 6) is 0.214. The number of halogens is 1. The number of fused-ring (bicyclic) bond motifs is 2. The zero-order valence-electron chi connectivity index (χ0n) is 19.6. The lowest BCUT2D eigenvalue weighted by Gasteiger charge is -2.32. The van der Waals surface area contributed by atoms with Gasteiger partial charge in [0.15, 0.2) is 11.1 Å². The van der Waals surface area contributed by atoms with E-state index in [1.807, 2.05) is 19.2 Å². The topological polar surface area (TPSA) is 120 Å². The molecule has 2 saturated heterocycles. The lowest BCUT2D eigenvalue weighted by atomic mass is 9.95. The number of hydrogen-bond acceptors (Lipinski definition) is 7. The summed E-state index contributed by atoms with van der Waals surface area (Å²) >= 11 is 6.08. The predicted octanol–water partition coefficient (Wildman–Crippen LogP) is 2.36. The molecule has 1 aromatic carbocycles. The Morgan fingerprint density at radius 1 is 1.17 bits per heavy atom. The fraction of sp³-hybridized carbons (Fsp3) is 0.360. The normalized spacial score (nSPS) is 22.3. The van der Waals surface area contributed by atoms with Crippen LogP contribution in [-0.2, 0) is 16.9 Å². The molecule has 3 aliphatic rings. The maximum atomic E-state index is 13.1. The number of furan rings is 1. The largest absolute Gasteiger partial charge is 0.456 e. The summed E-state index contributed by atoms with van der Waals surface area (Å²) in [7, 11) is 1.98. The van der Waals surface area contributed by atoms with Crippen molar-refractivity contribution < 1.29 is 18.8 Å². The number of urea groups is 1. The molecule has 0 spiro atoms. The molecule has 0 bridgehead atoms. The van der Waals surface area contributed by atoms with E-state index in [0.29, 0.717) is 34.3 Å². The summed E-state index contributed by atoms with van der Waals surface area (Å²) < 4.78 is 6.07. The van der Waals surface area contributed by atoms with E-state index in [4.69, 9.17) is 21.0 Å². The molecule has 5 heterocycles. The van der Waals surface area contributed by atoms with Crippen LogP contribution in [0.15, 0.2) is 40.8 Å². The third-order valence-electron chi connectivity index (χ3n) is 7.33. The molecule has 3 N–H and O–H groups in total. The summed E-state index contributed by atoms with van der Waals surface area (Å²) in [4.78, 5) is 47.0. The Balaban J connectivity index is 1.32. The molecule has 4 amide bonds. The summed E-state index contributed by atoms with van der Waals surface area (Å²) in [5.41, 5.74) is 0.789. The number of carbonyl (C=O) groups is 3. The van der Waals surface area contributed by atoms with Crippen LogP contribution >= 0.6 is 11.6 Å². The van der Waals surface area contributed by atoms with Gasteiger partial charge < -0.3 is 24.9 Å². The van der Waals surface area contributed by atoms with Crippen molar-refractivity contribution in [2.24, 2.45) is 0 Å². The van der Waals surface area contributed by atoms with Crippen molar-refractivity contribution in [3.05, 3.63) is 58.3 Å². The molecule has 2 fully saturated rings. The maximum Gasteiger partial charge on any atom is 0.322 e. The lowest BCUT2D eigenvalue weighted by Crippen LogP contribution is -2.52. The van der Waals surface area contributed by atoms with Crippen LogP contribution in [0.1, 0.15) is 34.5 Å². The van der Waals surface area contributed by atoms with Crippen LogP contribution in [0.5, 0.6) is 0 Å². The Kier molecular flexibility index (Phi) is 5.38. The van der Waals surface area contributed by atoms with Gasteiger partial charge in [-0.3, -0.25) is 14.9 Å². The standard InChI is InChI=1S/C25H25ClN6O4/c1-27-16-6-8-31(9-7-16)21-5-4-19-18(28-21)11-20(36-19)25(23(34)29-24(35)30-25)13-32-12-14-2-3-15(26)10-17(14)22(32)33/h2-5,10-11,16,27H,6-9,12-13H2,1H3,(H2,29,30,34,35). The van der Waals surface area contributed by atoms with E-state index in [-0.39, 0.29) is 18.2 Å². The van der Waals surface area contributed by atoms with Gasteiger partial charge in [0.2, 0.25) is 0 Å². The molecule has 0 saturated carbocycles. The molecule has 2 aromatic heterocycles. The van der Waals surface area contributed by atoms with Gasteiger partial charge in [-0.2, -0.15) is 0 Å². The molecule has 1 unspecified atom stereocenters. The zero-order valence-corrected chi connectivity index (χ0v) is 20.4. The van der Waals surface area contributed by atoms with Crippen LogP contribution in [0.2, 0.25) is 5.02 Å². The average Bonchev–Trinajstić information content (AvgIpc) is 3.53. The second kappa shape index (κ2) is 8.49. The minimum absolute atomic E-state index is 0.0973. The monoisotopic (exact) mass is 508 g/mol. The van der Waals surface area contributed by atoms with Crippen molar-refractivity contribution in [2.45, 2.75) is 31.0 Å². The number of carbonyl (C=O) groups excluding carboxylic acids is 3. The van der Waals surface area contributed by atoms with Crippen LogP contribution in [0, 0.1) is 0 Å². The average molecular weight is 509 g/mol. The fourth-order valence-corrected chi connectivity index (χ4v) is 5.47. The number of nitrogens with zero attached hydrogens (tertiary/aromatic N) is 3. The van der Waals surface area contributed by atoms with Crippen LogP contribution in [-0.4, -0.2) is 60.5 Å². The van der Waals surface area contributed by atoms with Gasteiger partial charge in [0, 0.05) is 42.3 Å². The Bertz CT molecular complexity index is 1400. The predicted molar refractivity (Wildman–Crippen MR) is 133 cm³/mol. The molecule has 11 heteroatoms. The minimum Gasteiger partial charge on any atom is -0.456 e. The van der Waals surface area contributed by atoms with E-state index in [1.54, 1.807) is 24.3 Å². The molecule has 36 heavy (non-hydrogen) atoms. The van der Waals surface area contributed by atoms with E-state index in [9.17, 15) is 14.4 Å². The molecule has 6 rings (SSSR count). The number of aromatic nitrogens is 1. The highest BCUT2D eigenvalue weighted by atomic mass is 35.5. The van der Waals surface area contributed by atoms with Gasteiger partial charge in [0.1, 0.15) is 17.1 Å². The molecule has 0 aliphatic carbocycles. The van der Waals surface area contributed by atoms with Crippen molar-refractivity contribution >= 4 is 46.4 Å². The number of imide groups is 1. The Morgan fingerprint density at radius 2 is 1.97 bits per heavy atom. The number of anilines is 1. The van der Waals surface area contributed by atoms with Gasteiger partial charge in [0.25, 0.3) is 11.8 Å². The first-order valence-electron chi connectivity index (χ1n) is 11.9. The Morgan fingerprint density at radius 3 is 2.69 bits per heavy atom. The lowest BCUT2D eigenvalue weighted by molar-refractivity contribution is -0.125. The summed E-state index contributed by atoms with van der Waals surface area (Å²) in [6, 6.07) is 10.4. The number of benzene rings is 1. The summed E-state index contributed by atoms with van der Waals surface area (Å²) in [5, 5.41) is 8.79. The third-order valence-corrected chi connectivity index (χ3v) is 7.56. The molecule has 3 aliphatic heterocycles. The number of hydrogen-bond donors (Lipinski definition) is 3. The zero-order chi connectivity index (χ0) is 25.0. The Labute approximate surface area is 212 Å². The van der Waals surface area contributed by atoms with E-state index >= 15 is 0 Å². The van der Waals surface area contributed by atoms with Crippen LogP contribution in [0.25, 0.3) is 11.1 Å². The van der Waals surface area contributed by atoms with E-state index in [1.165, 1.54) is 4.90 Å². The SMILES string of the molecule is CNC1CCN(c2ccc3oc(C4(CN5Cc6ccc(Cl)cc6C5=O)NC(=O)NC4=O)cc3n2)CC1. The molecule has 1 atom stereocenters. The number of piperidine rings is 1. The number of rotatable bonds is 5. The van der Waals surface area contributed by atoms with Crippen LogP contribution in [0.4, 0.5) is 10.6 Å². The minimum atomic E-state index is -1.58. The molecule has 186 valence electrons. The molecule has 3 aromatic rings. The van der Waals surface area contributed by atoms with E-state index in [2.05, 4.69) is 20.9 Å². The van der Waals surface area contributed by atoms with Gasteiger partial charge in [-0.15, -0.1) is 0 Å². The van der Waals surface area contributed by atoms with Crippen molar-refractivity contribution in [3.63, 3.8) is 0 Å². The maximum absolute atomic E-state index is 13.1. The molecule has 10 nitrogen and oxygen atoms in total. The van der Waals surface area contributed by atoms with Crippen molar-refractivity contribution in [1.82, 2.24) is 25.8 Å². The van der Waals surface area contributed by atoms with Gasteiger partial charge in [-0.1, -0.05) is 17.7 Å². The van der Waals surface area contributed by atoms with Crippen LogP contribution in [0.3, 0.4) is 0 Å². The van der Waals surface area contributed by atoms with E-state index in [0.717, 1.165) is 37.3 Å². The molecule has 0 radical (unpaired) electrons. The summed E-state index contributed by atoms with van der Waals surface area (Å²) in [6.07, 6.45) is 2.05. The highest BCUT2D eigenvalue weighted by molar-refractivity contribution is 6.31. The van der Waals surface area contributed by atoms with Crippen molar-refractivity contribution in [1.29, 1.82) is 0 Å². The summed E-state index contributed by atoms with van der Waals surface area (Å²) in [6.45, 7) is 1.97. The molecular weight excluding hydrogens is 484 g/mol.